The summed E-state index contributed by atoms with van der Waals surface area (Å²) in [6, 6.07) is 7.97. The first kappa shape index (κ1) is 12.8. The second kappa shape index (κ2) is 5.31. The summed E-state index contributed by atoms with van der Waals surface area (Å²) in [5, 5.41) is 11.9. The van der Waals surface area contributed by atoms with Crippen LogP contribution in [0.4, 0.5) is 0 Å². The number of rotatable bonds is 4. The van der Waals surface area contributed by atoms with Crippen LogP contribution in [0.2, 0.25) is 0 Å². The van der Waals surface area contributed by atoms with Crippen molar-refractivity contribution >= 4 is 17.3 Å². The molecule has 1 aromatic carbocycles. The molecule has 0 saturated heterocycles. The zero-order valence-corrected chi connectivity index (χ0v) is 11.2. The molecule has 1 unspecified atom stereocenters. The molecular formula is C14H15NO2S. The van der Waals surface area contributed by atoms with E-state index < -0.39 is 5.97 Å². The highest BCUT2D eigenvalue weighted by molar-refractivity contribution is 7.09. The van der Waals surface area contributed by atoms with Gasteiger partial charge in [-0.1, -0.05) is 29.8 Å². The number of carboxylic acids is 1. The van der Waals surface area contributed by atoms with Gasteiger partial charge in [0, 0.05) is 17.0 Å². The largest absolute Gasteiger partial charge is 0.481 e. The zero-order chi connectivity index (χ0) is 13.1. The molecule has 1 aromatic heterocycles. The fourth-order valence-corrected chi connectivity index (χ4v) is 2.87. The van der Waals surface area contributed by atoms with E-state index in [2.05, 4.69) is 4.98 Å². The Morgan fingerprint density at radius 2 is 2.22 bits per heavy atom. The lowest BCUT2D eigenvalue weighted by atomic mass is 9.95. The minimum absolute atomic E-state index is 0.0798. The minimum atomic E-state index is -0.797. The fourth-order valence-electron chi connectivity index (χ4n) is 1.94. The summed E-state index contributed by atoms with van der Waals surface area (Å²) in [5.41, 5.74) is 3.10. The molecule has 0 fully saturated rings. The molecule has 0 saturated carbocycles. The van der Waals surface area contributed by atoms with Gasteiger partial charge >= 0.3 is 5.97 Å². The SMILES string of the molecule is Cc1cccc(C(CC(=O)O)c2nc(C)cs2)c1. The number of thiazole rings is 1. The monoisotopic (exact) mass is 261 g/mol. The third-order valence-electron chi connectivity index (χ3n) is 2.76. The van der Waals surface area contributed by atoms with E-state index in [-0.39, 0.29) is 12.3 Å². The van der Waals surface area contributed by atoms with E-state index in [9.17, 15) is 4.79 Å². The Morgan fingerprint density at radius 1 is 1.44 bits per heavy atom. The second-order valence-electron chi connectivity index (χ2n) is 4.39. The maximum Gasteiger partial charge on any atom is 0.304 e. The molecule has 0 spiro atoms. The molecular weight excluding hydrogens is 246 g/mol. The molecule has 0 aliphatic rings. The number of nitrogens with zero attached hydrogens (tertiary/aromatic N) is 1. The lowest BCUT2D eigenvalue weighted by molar-refractivity contribution is -0.137. The highest BCUT2D eigenvalue weighted by Crippen LogP contribution is 2.30. The van der Waals surface area contributed by atoms with Crippen LogP contribution < -0.4 is 0 Å². The second-order valence-corrected chi connectivity index (χ2v) is 5.28. The van der Waals surface area contributed by atoms with Crippen molar-refractivity contribution < 1.29 is 9.90 Å². The Labute approximate surface area is 110 Å². The first-order chi connectivity index (χ1) is 8.56. The molecule has 2 rings (SSSR count). The molecule has 0 bridgehead atoms. The molecule has 18 heavy (non-hydrogen) atoms. The third-order valence-corrected chi connectivity index (χ3v) is 3.83. The van der Waals surface area contributed by atoms with E-state index in [4.69, 9.17) is 5.11 Å². The summed E-state index contributed by atoms with van der Waals surface area (Å²) in [6.45, 7) is 3.93. The number of aliphatic carboxylic acids is 1. The number of hydrogen-bond donors (Lipinski definition) is 1. The van der Waals surface area contributed by atoms with Crippen molar-refractivity contribution in [1.82, 2.24) is 4.98 Å². The Hall–Kier alpha value is -1.68. The van der Waals surface area contributed by atoms with E-state index >= 15 is 0 Å². The molecule has 0 aliphatic heterocycles. The smallest absolute Gasteiger partial charge is 0.304 e. The van der Waals surface area contributed by atoms with Crippen LogP contribution in [-0.2, 0) is 4.79 Å². The summed E-state index contributed by atoms with van der Waals surface area (Å²) in [7, 11) is 0. The number of benzene rings is 1. The van der Waals surface area contributed by atoms with Gasteiger partial charge in [0.25, 0.3) is 0 Å². The van der Waals surface area contributed by atoms with Gasteiger partial charge in [0.05, 0.1) is 6.42 Å². The maximum absolute atomic E-state index is 11.0. The predicted octanol–water partition coefficient (Wildman–Crippen LogP) is 3.37. The number of aromatic nitrogens is 1. The van der Waals surface area contributed by atoms with Gasteiger partial charge in [0.15, 0.2) is 0 Å². The molecule has 1 atom stereocenters. The van der Waals surface area contributed by atoms with Crippen molar-refractivity contribution in [2.45, 2.75) is 26.2 Å². The van der Waals surface area contributed by atoms with Crippen LogP contribution in [0.1, 0.15) is 34.2 Å². The lowest BCUT2D eigenvalue weighted by Gasteiger charge is -2.13. The third kappa shape index (κ3) is 2.96. The van der Waals surface area contributed by atoms with Gasteiger partial charge in [-0.3, -0.25) is 4.79 Å². The van der Waals surface area contributed by atoms with E-state index in [1.165, 1.54) is 11.3 Å². The van der Waals surface area contributed by atoms with Crippen LogP contribution in [0, 0.1) is 13.8 Å². The highest BCUT2D eigenvalue weighted by Gasteiger charge is 2.20. The highest BCUT2D eigenvalue weighted by atomic mass is 32.1. The molecule has 2 aromatic rings. The van der Waals surface area contributed by atoms with Crippen LogP contribution in [-0.4, -0.2) is 16.1 Å². The molecule has 0 amide bonds. The van der Waals surface area contributed by atoms with Crippen molar-refractivity contribution in [3.8, 4) is 0 Å². The van der Waals surface area contributed by atoms with Crippen LogP contribution >= 0.6 is 11.3 Å². The summed E-state index contributed by atoms with van der Waals surface area (Å²) in [5.74, 6) is -0.949. The molecule has 1 N–H and O–H groups in total. The van der Waals surface area contributed by atoms with Crippen LogP contribution in [0.5, 0.6) is 0 Å². The number of aryl methyl sites for hydroxylation is 2. The van der Waals surface area contributed by atoms with Crippen molar-refractivity contribution in [3.05, 3.63) is 51.5 Å². The standard InChI is InChI=1S/C14H15NO2S/c1-9-4-3-5-11(6-9)12(7-13(16)17)14-15-10(2)8-18-14/h3-6,8,12H,7H2,1-2H3,(H,16,17). The van der Waals surface area contributed by atoms with Crippen LogP contribution in [0.3, 0.4) is 0 Å². The minimum Gasteiger partial charge on any atom is -0.481 e. The average molecular weight is 261 g/mol. The maximum atomic E-state index is 11.0. The Kier molecular flexibility index (Phi) is 3.77. The van der Waals surface area contributed by atoms with Crippen molar-refractivity contribution in [2.24, 2.45) is 0 Å². The van der Waals surface area contributed by atoms with E-state index in [0.717, 1.165) is 21.8 Å². The van der Waals surface area contributed by atoms with E-state index in [1.54, 1.807) is 0 Å². The summed E-state index contributed by atoms with van der Waals surface area (Å²) in [4.78, 5) is 15.5. The molecule has 0 radical (unpaired) electrons. The number of carbonyl (C=O) groups is 1. The van der Waals surface area contributed by atoms with Gasteiger partial charge in [-0.05, 0) is 19.4 Å². The summed E-state index contributed by atoms with van der Waals surface area (Å²) < 4.78 is 0. The Morgan fingerprint density at radius 3 is 2.78 bits per heavy atom. The topological polar surface area (TPSA) is 50.2 Å². The van der Waals surface area contributed by atoms with E-state index in [0.29, 0.717) is 0 Å². The van der Waals surface area contributed by atoms with Gasteiger partial charge in [-0.15, -0.1) is 11.3 Å². The molecule has 1 heterocycles. The Balaban J connectivity index is 2.39. The fraction of sp³-hybridized carbons (Fsp3) is 0.286. The first-order valence-corrected chi connectivity index (χ1v) is 6.64. The predicted molar refractivity (Wildman–Crippen MR) is 72.1 cm³/mol. The van der Waals surface area contributed by atoms with Crippen molar-refractivity contribution in [2.75, 3.05) is 0 Å². The van der Waals surface area contributed by atoms with Gasteiger partial charge < -0.3 is 5.11 Å². The van der Waals surface area contributed by atoms with Gasteiger partial charge in [0.1, 0.15) is 5.01 Å². The van der Waals surface area contributed by atoms with Crippen molar-refractivity contribution in [3.63, 3.8) is 0 Å². The Bertz CT molecular complexity index is 562. The summed E-state index contributed by atoms with van der Waals surface area (Å²) >= 11 is 1.53. The average Bonchev–Trinajstić information content (AvgIpc) is 2.72. The number of carboxylic acid groups (broad SMARTS) is 1. The molecule has 4 heteroatoms. The first-order valence-electron chi connectivity index (χ1n) is 5.76. The van der Waals surface area contributed by atoms with E-state index in [1.807, 2.05) is 43.5 Å². The molecule has 3 nitrogen and oxygen atoms in total. The quantitative estimate of drug-likeness (QED) is 0.918. The zero-order valence-electron chi connectivity index (χ0n) is 10.4. The molecule has 94 valence electrons. The van der Waals surface area contributed by atoms with Crippen molar-refractivity contribution in [1.29, 1.82) is 0 Å². The van der Waals surface area contributed by atoms with Crippen LogP contribution in [0.15, 0.2) is 29.6 Å². The number of hydrogen-bond acceptors (Lipinski definition) is 3. The normalized spacial score (nSPS) is 12.3. The van der Waals surface area contributed by atoms with Gasteiger partial charge in [0.2, 0.25) is 0 Å². The van der Waals surface area contributed by atoms with Gasteiger partial charge in [-0.25, -0.2) is 4.98 Å². The molecule has 0 aliphatic carbocycles. The lowest BCUT2D eigenvalue weighted by Crippen LogP contribution is -2.08. The van der Waals surface area contributed by atoms with Gasteiger partial charge in [-0.2, -0.15) is 0 Å². The van der Waals surface area contributed by atoms with Crippen LogP contribution in [0.25, 0.3) is 0 Å². The summed E-state index contributed by atoms with van der Waals surface area (Å²) in [6.07, 6.45) is 0.0798.